The lowest BCUT2D eigenvalue weighted by molar-refractivity contribution is 0.0952. The summed E-state index contributed by atoms with van der Waals surface area (Å²) < 4.78 is 38.8. The van der Waals surface area contributed by atoms with Crippen molar-refractivity contribution >= 4 is 15.9 Å². The molecule has 152 valence electrons. The minimum Gasteiger partial charge on any atom is -0.496 e. The number of sulfonamides is 1. The van der Waals surface area contributed by atoms with Crippen molar-refractivity contribution in [2.45, 2.75) is 31.7 Å². The van der Waals surface area contributed by atoms with Crippen LogP contribution >= 0.6 is 0 Å². The summed E-state index contributed by atoms with van der Waals surface area (Å²) in [4.78, 5) is 12.2. The molecule has 0 unspecified atom stereocenters. The average Bonchev–Trinajstić information content (AvgIpc) is 2.68. The van der Waals surface area contributed by atoms with Crippen molar-refractivity contribution in [3.05, 3.63) is 53.6 Å². The monoisotopic (exact) mass is 406 g/mol. The van der Waals surface area contributed by atoms with Crippen LogP contribution in [0.1, 0.15) is 42.7 Å². The maximum Gasteiger partial charge on any atom is 0.255 e. The molecule has 0 aromatic heterocycles. The van der Waals surface area contributed by atoms with Crippen LogP contribution in [0.3, 0.4) is 0 Å². The fraction of sp³-hybridized carbons (Fsp3) is 0.350. The van der Waals surface area contributed by atoms with Crippen LogP contribution in [-0.2, 0) is 10.0 Å². The third-order valence-corrected chi connectivity index (χ3v) is 5.62. The van der Waals surface area contributed by atoms with E-state index in [0.717, 1.165) is 11.3 Å². The predicted octanol–water partition coefficient (Wildman–Crippen LogP) is 2.88. The standard InChI is InChI=1S/C20H26N2O5S/c1-5-21-20(23)18-13-17(11-12-19(18)26-4)28(24,25)22-14(3)15-7-9-16(10-8-15)27-6-2/h7-14,22H,5-6H2,1-4H3,(H,21,23)/t14-/m1/s1. The minimum atomic E-state index is -3.84. The summed E-state index contributed by atoms with van der Waals surface area (Å²) in [5.41, 5.74) is 0.963. The molecule has 0 radical (unpaired) electrons. The van der Waals surface area contributed by atoms with E-state index >= 15 is 0 Å². The van der Waals surface area contributed by atoms with E-state index in [1.807, 2.05) is 19.1 Å². The Morgan fingerprint density at radius 1 is 1.11 bits per heavy atom. The average molecular weight is 407 g/mol. The van der Waals surface area contributed by atoms with Gasteiger partial charge in [-0.15, -0.1) is 0 Å². The lowest BCUT2D eigenvalue weighted by atomic mass is 10.1. The third kappa shape index (κ3) is 5.24. The quantitative estimate of drug-likeness (QED) is 0.668. The summed E-state index contributed by atoms with van der Waals surface area (Å²) in [6.45, 7) is 6.42. The number of nitrogens with one attached hydrogen (secondary N) is 2. The first-order valence-corrected chi connectivity index (χ1v) is 10.5. The third-order valence-electron chi connectivity index (χ3n) is 4.09. The Morgan fingerprint density at radius 3 is 2.36 bits per heavy atom. The summed E-state index contributed by atoms with van der Waals surface area (Å²) in [5.74, 6) is 0.642. The van der Waals surface area contributed by atoms with E-state index in [9.17, 15) is 13.2 Å². The molecular formula is C20H26N2O5S. The Hall–Kier alpha value is -2.58. The van der Waals surface area contributed by atoms with Crippen molar-refractivity contribution in [1.29, 1.82) is 0 Å². The Kier molecular flexibility index (Phi) is 7.42. The van der Waals surface area contributed by atoms with Gasteiger partial charge in [0.2, 0.25) is 10.0 Å². The smallest absolute Gasteiger partial charge is 0.255 e. The Morgan fingerprint density at radius 2 is 1.79 bits per heavy atom. The van der Waals surface area contributed by atoms with E-state index in [1.54, 1.807) is 26.0 Å². The molecule has 1 atom stereocenters. The first-order valence-electron chi connectivity index (χ1n) is 9.03. The van der Waals surface area contributed by atoms with Crippen LogP contribution in [0.25, 0.3) is 0 Å². The van der Waals surface area contributed by atoms with Crippen molar-refractivity contribution in [3.8, 4) is 11.5 Å². The number of carbonyl (C=O) groups excluding carboxylic acids is 1. The first-order chi connectivity index (χ1) is 13.3. The van der Waals surface area contributed by atoms with Gasteiger partial charge in [-0.05, 0) is 56.7 Å². The lowest BCUT2D eigenvalue weighted by Gasteiger charge is -2.16. The van der Waals surface area contributed by atoms with Gasteiger partial charge < -0.3 is 14.8 Å². The van der Waals surface area contributed by atoms with Gasteiger partial charge >= 0.3 is 0 Å². The van der Waals surface area contributed by atoms with Crippen LogP contribution in [0.4, 0.5) is 0 Å². The molecule has 2 N–H and O–H groups in total. The lowest BCUT2D eigenvalue weighted by Crippen LogP contribution is -2.28. The molecule has 0 aliphatic heterocycles. The number of benzene rings is 2. The Labute approximate surface area is 166 Å². The summed E-state index contributed by atoms with van der Waals surface area (Å²) in [6, 6.07) is 11.0. The van der Waals surface area contributed by atoms with Crippen LogP contribution in [0.2, 0.25) is 0 Å². The fourth-order valence-corrected chi connectivity index (χ4v) is 3.93. The highest BCUT2D eigenvalue weighted by molar-refractivity contribution is 7.89. The van der Waals surface area contributed by atoms with E-state index in [1.165, 1.54) is 25.3 Å². The molecule has 0 aliphatic carbocycles. The second-order valence-electron chi connectivity index (χ2n) is 6.07. The number of amides is 1. The predicted molar refractivity (Wildman–Crippen MR) is 107 cm³/mol. The van der Waals surface area contributed by atoms with Crippen molar-refractivity contribution in [2.24, 2.45) is 0 Å². The van der Waals surface area contributed by atoms with Gasteiger partial charge in [-0.2, -0.15) is 0 Å². The Bertz CT molecular complexity index is 911. The molecule has 0 bridgehead atoms. The van der Waals surface area contributed by atoms with Crippen LogP contribution < -0.4 is 19.5 Å². The zero-order valence-electron chi connectivity index (χ0n) is 16.5. The molecule has 1 amide bonds. The van der Waals surface area contributed by atoms with Crippen molar-refractivity contribution in [2.75, 3.05) is 20.3 Å². The van der Waals surface area contributed by atoms with Crippen molar-refractivity contribution in [3.63, 3.8) is 0 Å². The fourth-order valence-electron chi connectivity index (χ4n) is 2.68. The minimum absolute atomic E-state index is 0.00709. The zero-order valence-corrected chi connectivity index (χ0v) is 17.3. The highest BCUT2D eigenvalue weighted by atomic mass is 32.2. The van der Waals surface area contributed by atoms with E-state index in [0.29, 0.717) is 18.9 Å². The molecule has 0 saturated heterocycles. The number of ether oxygens (including phenoxy) is 2. The van der Waals surface area contributed by atoms with Gasteiger partial charge in [0.25, 0.3) is 5.91 Å². The summed E-state index contributed by atoms with van der Waals surface area (Å²) >= 11 is 0. The number of hydrogen-bond acceptors (Lipinski definition) is 5. The van der Waals surface area contributed by atoms with Gasteiger partial charge in [-0.25, -0.2) is 13.1 Å². The number of methoxy groups -OCH3 is 1. The second kappa shape index (κ2) is 9.57. The highest BCUT2D eigenvalue weighted by Gasteiger charge is 2.22. The van der Waals surface area contributed by atoms with Gasteiger partial charge in [0.15, 0.2) is 0 Å². The zero-order chi connectivity index (χ0) is 20.7. The molecule has 28 heavy (non-hydrogen) atoms. The van der Waals surface area contributed by atoms with Gasteiger partial charge in [0.05, 0.1) is 24.2 Å². The molecule has 0 spiro atoms. The van der Waals surface area contributed by atoms with E-state index in [2.05, 4.69) is 10.0 Å². The van der Waals surface area contributed by atoms with Gasteiger partial charge in [0, 0.05) is 12.6 Å². The molecule has 0 heterocycles. The normalized spacial score (nSPS) is 12.3. The Balaban J connectivity index is 2.25. The number of hydrogen-bond donors (Lipinski definition) is 2. The molecule has 7 nitrogen and oxygen atoms in total. The van der Waals surface area contributed by atoms with Crippen LogP contribution in [0, 0.1) is 0 Å². The van der Waals surface area contributed by atoms with Gasteiger partial charge in [0.1, 0.15) is 11.5 Å². The number of rotatable bonds is 9. The molecule has 2 aromatic rings. The van der Waals surface area contributed by atoms with Crippen LogP contribution in [0.5, 0.6) is 11.5 Å². The molecule has 0 fully saturated rings. The summed E-state index contributed by atoms with van der Waals surface area (Å²) in [5, 5.41) is 2.65. The number of carbonyl (C=O) groups is 1. The van der Waals surface area contributed by atoms with Crippen molar-refractivity contribution in [1.82, 2.24) is 10.0 Å². The summed E-state index contributed by atoms with van der Waals surface area (Å²) in [7, 11) is -2.41. The molecule has 0 saturated carbocycles. The molecular weight excluding hydrogens is 380 g/mol. The highest BCUT2D eigenvalue weighted by Crippen LogP contribution is 2.24. The molecule has 2 rings (SSSR count). The van der Waals surface area contributed by atoms with E-state index < -0.39 is 22.0 Å². The largest absolute Gasteiger partial charge is 0.496 e. The summed E-state index contributed by atoms with van der Waals surface area (Å²) in [6.07, 6.45) is 0. The second-order valence-corrected chi connectivity index (χ2v) is 7.78. The SMILES string of the molecule is CCNC(=O)c1cc(S(=O)(=O)N[C@H](C)c2ccc(OCC)cc2)ccc1OC. The maximum absolute atomic E-state index is 12.8. The van der Waals surface area contributed by atoms with Crippen LogP contribution in [-0.4, -0.2) is 34.6 Å². The molecule has 2 aromatic carbocycles. The van der Waals surface area contributed by atoms with Crippen molar-refractivity contribution < 1.29 is 22.7 Å². The van der Waals surface area contributed by atoms with Crippen LogP contribution in [0.15, 0.2) is 47.4 Å². The van der Waals surface area contributed by atoms with E-state index in [4.69, 9.17) is 9.47 Å². The topological polar surface area (TPSA) is 93.7 Å². The maximum atomic E-state index is 12.8. The molecule has 0 aliphatic rings. The van der Waals surface area contributed by atoms with E-state index in [-0.39, 0.29) is 10.5 Å². The van der Waals surface area contributed by atoms with Gasteiger partial charge in [-0.1, -0.05) is 12.1 Å². The first kappa shape index (κ1) is 21.7. The molecule has 8 heteroatoms. The van der Waals surface area contributed by atoms with Gasteiger partial charge in [-0.3, -0.25) is 4.79 Å².